The highest BCUT2D eigenvalue weighted by molar-refractivity contribution is 5.56. The Labute approximate surface area is 118 Å². The first-order chi connectivity index (χ1) is 9.72. The van der Waals surface area contributed by atoms with Crippen LogP contribution in [0.3, 0.4) is 0 Å². The van der Waals surface area contributed by atoms with E-state index in [9.17, 15) is 5.11 Å². The predicted octanol–water partition coefficient (Wildman–Crippen LogP) is 1.49. The molecule has 1 aromatic carbocycles. The first-order valence-corrected chi connectivity index (χ1v) is 7.57. The van der Waals surface area contributed by atoms with Crippen LogP contribution in [0.1, 0.15) is 17.5 Å². The Kier molecular flexibility index (Phi) is 1.97. The van der Waals surface area contributed by atoms with Crippen molar-refractivity contribution in [2.45, 2.75) is 36.5 Å². The molecule has 3 heteroatoms. The third-order valence-electron chi connectivity index (χ3n) is 6.05. The van der Waals surface area contributed by atoms with Gasteiger partial charge in [0.05, 0.1) is 0 Å². The molecule has 0 saturated carbocycles. The van der Waals surface area contributed by atoms with E-state index in [2.05, 4.69) is 36.2 Å². The molecule has 1 aromatic rings. The second-order valence-corrected chi connectivity index (χ2v) is 6.77. The molecule has 0 radical (unpaired) electrons. The maximum atomic E-state index is 10.4. The summed E-state index contributed by atoms with van der Waals surface area (Å²) in [6.45, 7) is 1.09. The van der Waals surface area contributed by atoms with E-state index in [-0.39, 0.29) is 11.5 Å². The lowest BCUT2D eigenvalue weighted by Gasteiger charge is -2.56. The van der Waals surface area contributed by atoms with Gasteiger partial charge in [0.1, 0.15) is 18.0 Å². The topological polar surface area (TPSA) is 32.7 Å². The molecule has 1 N–H and O–H groups in total. The minimum absolute atomic E-state index is 0.00944. The smallest absolute Gasteiger partial charge is 0.138 e. The number of nitrogens with zero attached hydrogens (tertiary/aromatic N) is 1. The maximum Gasteiger partial charge on any atom is 0.138 e. The van der Waals surface area contributed by atoms with Gasteiger partial charge in [0.25, 0.3) is 0 Å². The summed E-state index contributed by atoms with van der Waals surface area (Å²) in [5.74, 6) is 1.49. The van der Waals surface area contributed by atoms with Crippen LogP contribution in [0, 0.1) is 5.92 Å². The van der Waals surface area contributed by atoms with Crippen LogP contribution in [0.4, 0.5) is 0 Å². The quantitative estimate of drug-likeness (QED) is 0.724. The van der Waals surface area contributed by atoms with Gasteiger partial charge in [0, 0.05) is 22.9 Å². The van der Waals surface area contributed by atoms with Gasteiger partial charge in [-0.3, -0.25) is 0 Å². The molecule has 104 valence electrons. The monoisotopic (exact) mass is 269 g/mol. The molecule has 5 atom stereocenters. The van der Waals surface area contributed by atoms with Crippen LogP contribution in [0.15, 0.2) is 30.4 Å². The van der Waals surface area contributed by atoms with Crippen molar-refractivity contribution in [3.05, 3.63) is 41.5 Å². The Hall–Kier alpha value is -1.32. The highest BCUT2D eigenvalue weighted by Crippen LogP contribution is 2.60. The van der Waals surface area contributed by atoms with Crippen LogP contribution >= 0.6 is 0 Å². The molecule has 0 unspecified atom stereocenters. The summed E-state index contributed by atoms with van der Waals surface area (Å²) in [4.78, 5) is 2.49. The van der Waals surface area contributed by atoms with Crippen molar-refractivity contribution in [3.63, 3.8) is 0 Å². The fourth-order valence-electron chi connectivity index (χ4n) is 5.21. The van der Waals surface area contributed by atoms with Crippen molar-refractivity contribution in [2.75, 3.05) is 13.6 Å². The van der Waals surface area contributed by atoms with E-state index in [1.54, 1.807) is 0 Å². The van der Waals surface area contributed by atoms with E-state index < -0.39 is 6.10 Å². The molecule has 2 bridgehead atoms. The van der Waals surface area contributed by atoms with E-state index in [1.807, 2.05) is 6.08 Å². The summed E-state index contributed by atoms with van der Waals surface area (Å²) in [6, 6.07) is 6.96. The summed E-state index contributed by atoms with van der Waals surface area (Å²) in [6.07, 6.45) is 5.83. The molecule has 3 nitrogen and oxygen atoms in total. The summed E-state index contributed by atoms with van der Waals surface area (Å²) >= 11 is 0. The Bertz CT molecular complexity index is 625. The van der Waals surface area contributed by atoms with E-state index in [4.69, 9.17) is 4.74 Å². The van der Waals surface area contributed by atoms with Crippen LogP contribution in [-0.2, 0) is 11.8 Å². The Morgan fingerprint density at radius 2 is 2.25 bits per heavy atom. The number of ether oxygens (including phenoxy) is 1. The molecule has 2 heterocycles. The number of aliphatic hydroxyl groups is 1. The molecule has 1 fully saturated rings. The van der Waals surface area contributed by atoms with Gasteiger partial charge < -0.3 is 14.7 Å². The van der Waals surface area contributed by atoms with Crippen molar-refractivity contribution in [1.29, 1.82) is 0 Å². The van der Waals surface area contributed by atoms with Crippen LogP contribution < -0.4 is 4.74 Å². The number of aliphatic hydroxyl groups excluding tert-OH is 1. The van der Waals surface area contributed by atoms with Gasteiger partial charge in [0.2, 0.25) is 0 Å². The van der Waals surface area contributed by atoms with E-state index in [1.165, 1.54) is 11.1 Å². The number of likely N-dealkylation sites (tertiary alicyclic amines) is 1. The lowest BCUT2D eigenvalue weighted by molar-refractivity contribution is -0.0450. The van der Waals surface area contributed by atoms with Gasteiger partial charge in [-0.05, 0) is 38.1 Å². The molecule has 5 rings (SSSR count). The molecule has 0 aromatic heterocycles. The Morgan fingerprint density at radius 3 is 3.15 bits per heavy atom. The number of rotatable bonds is 0. The zero-order valence-electron chi connectivity index (χ0n) is 11.6. The molecule has 1 saturated heterocycles. The molecule has 20 heavy (non-hydrogen) atoms. The van der Waals surface area contributed by atoms with Crippen molar-refractivity contribution in [3.8, 4) is 5.75 Å². The van der Waals surface area contributed by atoms with Gasteiger partial charge >= 0.3 is 0 Å². The SMILES string of the molecule is CN1CC[C@]23c4c5cccc4O[C@H]2[C@H](O)C=C[C@H]3[C@H]1C5. The van der Waals surface area contributed by atoms with Crippen molar-refractivity contribution < 1.29 is 9.84 Å². The molecule has 2 aliphatic carbocycles. The van der Waals surface area contributed by atoms with E-state index in [0.717, 1.165) is 25.1 Å². The lowest BCUT2D eigenvalue weighted by atomic mass is 9.53. The van der Waals surface area contributed by atoms with Gasteiger partial charge in [-0.25, -0.2) is 0 Å². The fraction of sp³-hybridized carbons (Fsp3) is 0.529. The molecule has 4 aliphatic rings. The Morgan fingerprint density at radius 1 is 1.35 bits per heavy atom. The molecule has 0 amide bonds. The summed E-state index contributed by atoms with van der Waals surface area (Å²) in [5.41, 5.74) is 2.85. The molecule has 1 spiro atoms. The predicted molar refractivity (Wildman–Crippen MR) is 75.9 cm³/mol. The minimum Gasteiger partial charge on any atom is -0.486 e. The Balaban J connectivity index is 1.83. The average molecular weight is 269 g/mol. The average Bonchev–Trinajstić information content (AvgIpc) is 2.79. The molecular weight excluding hydrogens is 250 g/mol. The summed E-state index contributed by atoms with van der Waals surface area (Å²) in [5, 5.41) is 10.4. The normalized spacial score (nSPS) is 44.1. The zero-order valence-corrected chi connectivity index (χ0v) is 11.6. The second kappa shape index (κ2) is 3.46. The maximum absolute atomic E-state index is 10.4. The molecular formula is C17H19NO2. The molecule has 2 aliphatic heterocycles. The standard InChI is InChI=1S/C17H19NO2/c1-18-8-7-17-11-5-6-13(19)16(17)20-14-4-2-3-10(15(14)17)9-12(11)18/h2-6,11-13,16,19H,7-9H2,1H3/t11-,12+,13+,16-,17-/m0/s1. The van der Waals surface area contributed by atoms with Crippen LogP contribution in [0.5, 0.6) is 5.75 Å². The van der Waals surface area contributed by atoms with Crippen molar-refractivity contribution >= 4 is 0 Å². The van der Waals surface area contributed by atoms with Crippen LogP contribution in [-0.4, -0.2) is 41.8 Å². The van der Waals surface area contributed by atoms with E-state index >= 15 is 0 Å². The summed E-state index contributed by atoms with van der Waals surface area (Å²) in [7, 11) is 2.23. The third-order valence-corrected chi connectivity index (χ3v) is 6.05. The highest BCUT2D eigenvalue weighted by Gasteiger charge is 2.63. The van der Waals surface area contributed by atoms with E-state index in [0.29, 0.717) is 12.0 Å². The van der Waals surface area contributed by atoms with Crippen LogP contribution in [0.2, 0.25) is 0 Å². The van der Waals surface area contributed by atoms with Gasteiger partial charge in [0.15, 0.2) is 0 Å². The first-order valence-electron chi connectivity index (χ1n) is 7.57. The zero-order chi connectivity index (χ0) is 13.5. The lowest BCUT2D eigenvalue weighted by Crippen LogP contribution is -2.64. The number of benzene rings is 1. The third kappa shape index (κ3) is 1.08. The van der Waals surface area contributed by atoms with Crippen molar-refractivity contribution in [1.82, 2.24) is 4.90 Å². The fourth-order valence-corrected chi connectivity index (χ4v) is 5.21. The van der Waals surface area contributed by atoms with Crippen LogP contribution in [0.25, 0.3) is 0 Å². The number of likely N-dealkylation sites (N-methyl/N-ethyl adjacent to an activating group) is 1. The number of hydrogen-bond donors (Lipinski definition) is 1. The largest absolute Gasteiger partial charge is 0.486 e. The number of hydrogen-bond acceptors (Lipinski definition) is 3. The minimum atomic E-state index is -0.478. The highest BCUT2D eigenvalue weighted by atomic mass is 16.5. The second-order valence-electron chi connectivity index (χ2n) is 6.77. The van der Waals surface area contributed by atoms with Crippen molar-refractivity contribution in [2.24, 2.45) is 5.92 Å². The number of piperidine rings is 1. The van der Waals surface area contributed by atoms with Gasteiger partial charge in [-0.2, -0.15) is 0 Å². The summed E-state index contributed by atoms with van der Waals surface area (Å²) < 4.78 is 6.21. The van der Waals surface area contributed by atoms with Gasteiger partial charge in [-0.1, -0.05) is 24.3 Å². The first kappa shape index (κ1) is 11.4. The van der Waals surface area contributed by atoms with Gasteiger partial charge in [-0.15, -0.1) is 0 Å².